The van der Waals surface area contributed by atoms with E-state index in [4.69, 9.17) is 10.00 Å². The van der Waals surface area contributed by atoms with Crippen LogP contribution in [0.1, 0.15) is 36.1 Å². The molecule has 0 radical (unpaired) electrons. The molecule has 0 aromatic carbocycles. The average molecular weight is 232 g/mol. The van der Waals surface area contributed by atoms with Crippen molar-refractivity contribution < 1.29 is 4.74 Å². The monoisotopic (exact) mass is 232 g/mol. The highest BCUT2D eigenvalue weighted by atomic mass is 16.5. The average Bonchev–Trinajstić information content (AvgIpc) is 2.78. The van der Waals surface area contributed by atoms with Gasteiger partial charge in [0.05, 0.1) is 24.9 Å². The quantitative estimate of drug-likeness (QED) is 0.776. The van der Waals surface area contributed by atoms with E-state index < -0.39 is 0 Å². The molecule has 5 heteroatoms. The molecule has 0 amide bonds. The maximum atomic E-state index is 9.13. The molecule has 1 atom stereocenters. The summed E-state index contributed by atoms with van der Waals surface area (Å²) in [4.78, 5) is 4.49. The summed E-state index contributed by atoms with van der Waals surface area (Å²) < 4.78 is 7.69. The second-order valence-electron chi connectivity index (χ2n) is 4.57. The standard InChI is InChI=1S/C12H16N4O/c13-7-9-11-3-1-2-5-16(11)12(15-9)10-8-17-6-4-14-10/h10,14H,1-6,8H2. The number of imidazole rings is 1. The molecule has 90 valence electrons. The van der Waals surface area contributed by atoms with Crippen LogP contribution in [0, 0.1) is 11.3 Å². The van der Waals surface area contributed by atoms with Crippen molar-refractivity contribution in [2.45, 2.75) is 31.8 Å². The van der Waals surface area contributed by atoms with Crippen LogP contribution in [0.25, 0.3) is 0 Å². The van der Waals surface area contributed by atoms with E-state index in [1.807, 2.05) is 0 Å². The third kappa shape index (κ3) is 1.84. The van der Waals surface area contributed by atoms with Crippen LogP contribution >= 0.6 is 0 Å². The van der Waals surface area contributed by atoms with Gasteiger partial charge in [-0.3, -0.25) is 0 Å². The van der Waals surface area contributed by atoms with E-state index in [1.54, 1.807) is 0 Å². The van der Waals surface area contributed by atoms with Crippen LogP contribution in [-0.4, -0.2) is 29.3 Å². The summed E-state index contributed by atoms with van der Waals surface area (Å²) in [5.41, 5.74) is 1.72. The van der Waals surface area contributed by atoms with Gasteiger partial charge in [-0.05, 0) is 19.3 Å². The predicted molar refractivity (Wildman–Crippen MR) is 61.4 cm³/mol. The van der Waals surface area contributed by atoms with Crippen molar-refractivity contribution in [2.24, 2.45) is 0 Å². The van der Waals surface area contributed by atoms with Crippen LogP contribution in [0.3, 0.4) is 0 Å². The normalized spacial score (nSPS) is 24.1. The number of hydrogen-bond donors (Lipinski definition) is 1. The molecule has 0 saturated carbocycles. The molecule has 3 heterocycles. The molecule has 1 N–H and O–H groups in total. The van der Waals surface area contributed by atoms with E-state index in [9.17, 15) is 0 Å². The van der Waals surface area contributed by atoms with E-state index >= 15 is 0 Å². The van der Waals surface area contributed by atoms with Crippen molar-refractivity contribution in [3.8, 4) is 6.07 Å². The summed E-state index contributed by atoms with van der Waals surface area (Å²) in [5, 5.41) is 12.5. The number of nitriles is 1. The summed E-state index contributed by atoms with van der Waals surface area (Å²) in [5.74, 6) is 0.982. The van der Waals surface area contributed by atoms with Crippen LogP contribution < -0.4 is 5.32 Å². The molecule has 17 heavy (non-hydrogen) atoms. The molecule has 2 aliphatic heterocycles. The van der Waals surface area contributed by atoms with E-state index in [0.29, 0.717) is 12.3 Å². The first kappa shape index (κ1) is 10.8. The zero-order valence-corrected chi connectivity index (χ0v) is 9.78. The molecule has 1 saturated heterocycles. The Balaban J connectivity index is 1.98. The number of aromatic nitrogens is 2. The van der Waals surface area contributed by atoms with Gasteiger partial charge in [-0.25, -0.2) is 4.98 Å². The van der Waals surface area contributed by atoms with Crippen molar-refractivity contribution in [3.63, 3.8) is 0 Å². The second kappa shape index (κ2) is 4.47. The van der Waals surface area contributed by atoms with Crippen LogP contribution in [0.2, 0.25) is 0 Å². The Hall–Kier alpha value is -1.38. The van der Waals surface area contributed by atoms with Gasteiger partial charge in [-0.15, -0.1) is 0 Å². The molecule has 2 aliphatic rings. The van der Waals surface area contributed by atoms with Gasteiger partial charge in [-0.2, -0.15) is 5.26 Å². The van der Waals surface area contributed by atoms with Gasteiger partial charge < -0.3 is 14.6 Å². The molecule has 1 aromatic heterocycles. The largest absolute Gasteiger partial charge is 0.378 e. The summed E-state index contributed by atoms with van der Waals surface area (Å²) >= 11 is 0. The van der Waals surface area contributed by atoms with Gasteiger partial charge in [0.25, 0.3) is 0 Å². The fraction of sp³-hybridized carbons (Fsp3) is 0.667. The van der Waals surface area contributed by atoms with Crippen molar-refractivity contribution >= 4 is 0 Å². The van der Waals surface area contributed by atoms with Crippen molar-refractivity contribution in [1.29, 1.82) is 5.26 Å². The van der Waals surface area contributed by atoms with Crippen LogP contribution in [0.5, 0.6) is 0 Å². The lowest BCUT2D eigenvalue weighted by Crippen LogP contribution is -2.36. The number of ether oxygens (including phenoxy) is 1. The lowest BCUT2D eigenvalue weighted by Gasteiger charge is -2.25. The molecular weight excluding hydrogens is 216 g/mol. The minimum absolute atomic E-state index is 0.141. The lowest BCUT2D eigenvalue weighted by atomic mass is 10.1. The van der Waals surface area contributed by atoms with Gasteiger partial charge in [0, 0.05) is 13.1 Å². The SMILES string of the molecule is N#Cc1nc(C2COCCN2)n2c1CCCC2. The van der Waals surface area contributed by atoms with E-state index in [1.165, 1.54) is 6.42 Å². The van der Waals surface area contributed by atoms with Gasteiger partial charge in [0.1, 0.15) is 11.9 Å². The first-order valence-electron chi connectivity index (χ1n) is 6.20. The Morgan fingerprint density at radius 3 is 3.18 bits per heavy atom. The van der Waals surface area contributed by atoms with Crippen molar-refractivity contribution in [1.82, 2.24) is 14.9 Å². The Morgan fingerprint density at radius 2 is 2.41 bits per heavy atom. The molecule has 0 spiro atoms. The summed E-state index contributed by atoms with van der Waals surface area (Å²) in [7, 11) is 0. The number of hydrogen-bond acceptors (Lipinski definition) is 4. The van der Waals surface area contributed by atoms with Gasteiger partial charge in [-0.1, -0.05) is 0 Å². The Bertz CT molecular complexity index is 454. The zero-order chi connectivity index (χ0) is 11.7. The molecule has 3 rings (SSSR count). The van der Waals surface area contributed by atoms with Gasteiger partial charge in [0.15, 0.2) is 5.69 Å². The third-order valence-corrected chi connectivity index (χ3v) is 3.49. The maximum Gasteiger partial charge on any atom is 0.162 e. The summed E-state index contributed by atoms with van der Waals surface area (Å²) in [6.07, 6.45) is 3.31. The maximum absolute atomic E-state index is 9.13. The number of rotatable bonds is 1. The number of nitrogens with zero attached hydrogens (tertiary/aromatic N) is 3. The Labute approximate surface area is 100 Å². The van der Waals surface area contributed by atoms with Crippen molar-refractivity contribution in [3.05, 3.63) is 17.2 Å². The van der Waals surface area contributed by atoms with Crippen LogP contribution in [-0.2, 0) is 17.7 Å². The Kier molecular flexibility index (Phi) is 2.83. The fourth-order valence-electron chi connectivity index (χ4n) is 2.66. The molecule has 1 aromatic rings. The molecule has 1 fully saturated rings. The highest BCUT2D eigenvalue weighted by Gasteiger charge is 2.26. The third-order valence-electron chi connectivity index (χ3n) is 3.49. The highest BCUT2D eigenvalue weighted by Crippen LogP contribution is 2.24. The summed E-state index contributed by atoms with van der Waals surface area (Å²) in [6, 6.07) is 2.36. The summed E-state index contributed by atoms with van der Waals surface area (Å²) in [6.45, 7) is 3.25. The van der Waals surface area contributed by atoms with E-state index in [0.717, 1.165) is 44.1 Å². The highest BCUT2D eigenvalue weighted by molar-refractivity contribution is 5.31. The van der Waals surface area contributed by atoms with E-state index in [2.05, 4.69) is 20.9 Å². The molecule has 5 nitrogen and oxygen atoms in total. The molecule has 0 aliphatic carbocycles. The van der Waals surface area contributed by atoms with Crippen LogP contribution in [0.4, 0.5) is 0 Å². The Morgan fingerprint density at radius 1 is 1.47 bits per heavy atom. The minimum Gasteiger partial charge on any atom is -0.378 e. The van der Waals surface area contributed by atoms with Crippen molar-refractivity contribution in [2.75, 3.05) is 19.8 Å². The first-order valence-corrected chi connectivity index (χ1v) is 6.20. The predicted octanol–water partition coefficient (Wildman–Crippen LogP) is 0.752. The number of morpholine rings is 1. The van der Waals surface area contributed by atoms with Crippen LogP contribution in [0.15, 0.2) is 0 Å². The minimum atomic E-state index is 0.141. The van der Waals surface area contributed by atoms with E-state index in [-0.39, 0.29) is 6.04 Å². The first-order chi connectivity index (χ1) is 8.40. The topological polar surface area (TPSA) is 62.9 Å². The van der Waals surface area contributed by atoms with Gasteiger partial charge >= 0.3 is 0 Å². The smallest absolute Gasteiger partial charge is 0.162 e. The molecule has 0 bridgehead atoms. The number of nitrogens with one attached hydrogen (secondary N) is 1. The second-order valence-corrected chi connectivity index (χ2v) is 4.57. The molecular formula is C12H16N4O. The molecule has 1 unspecified atom stereocenters. The lowest BCUT2D eigenvalue weighted by molar-refractivity contribution is 0.0728. The number of fused-ring (bicyclic) bond motifs is 1. The zero-order valence-electron chi connectivity index (χ0n) is 9.78. The van der Waals surface area contributed by atoms with Gasteiger partial charge in [0.2, 0.25) is 0 Å². The fourth-order valence-corrected chi connectivity index (χ4v) is 2.66.